The number of carbonyl (C=O) groups excluding carboxylic acids is 2. The minimum absolute atomic E-state index is 0.0946. The van der Waals surface area contributed by atoms with Crippen LogP contribution in [0.15, 0.2) is 40.9 Å². The van der Waals surface area contributed by atoms with Crippen molar-refractivity contribution in [1.82, 2.24) is 15.4 Å². The molecule has 3 amide bonds. The maximum absolute atomic E-state index is 12.4. The van der Waals surface area contributed by atoms with E-state index in [1.165, 1.54) is 0 Å². The van der Waals surface area contributed by atoms with E-state index in [1.807, 2.05) is 37.3 Å². The van der Waals surface area contributed by atoms with Crippen LogP contribution in [0.2, 0.25) is 0 Å². The highest BCUT2D eigenvalue weighted by Gasteiger charge is 2.27. The molecule has 1 aromatic carbocycles. The van der Waals surface area contributed by atoms with Gasteiger partial charge in [-0.15, -0.1) is 0 Å². The number of piperidine rings is 1. The summed E-state index contributed by atoms with van der Waals surface area (Å²) in [5, 5.41) is 12.3. The van der Waals surface area contributed by atoms with Crippen molar-refractivity contribution in [1.29, 1.82) is 0 Å². The van der Waals surface area contributed by atoms with Gasteiger partial charge in [-0.25, -0.2) is 4.79 Å². The molecule has 1 saturated heterocycles. The number of benzene rings is 1. The number of hydrogen-bond acceptors (Lipinski definition) is 5. The normalized spacial score (nSPS) is 16.5. The zero-order valence-corrected chi connectivity index (χ0v) is 15.6. The fraction of sp³-hybridized carbons (Fsp3) is 0.421. The first-order valence-corrected chi connectivity index (χ1v) is 9.12. The van der Waals surface area contributed by atoms with Gasteiger partial charge < -0.3 is 15.2 Å². The molecule has 0 saturated carbocycles. The highest BCUT2D eigenvalue weighted by atomic mass is 16.5. The molecule has 0 spiro atoms. The Labute approximate surface area is 158 Å². The first-order valence-electron chi connectivity index (χ1n) is 9.12. The van der Waals surface area contributed by atoms with Gasteiger partial charge in [-0.3, -0.25) is 15.0 Å². The fourth-order valence-electron chi connectivity index (χ4n) is 3.12. The molecule has 1 aromatic heterocycles. The van der Waals surface area contributed by atoms with Gasteiger partial charge in [0.05, 0.1) is 11.7 Å². The molecule has 2 aromatic rings. The Morgan fingerprint density at radius 1 is 1.19 bits per heavy atom. The van der Waals surface area contributed by atoms with Crippen molar-refractivity contribution >= 4 is 23.5 Å². The van der Waals surface area contributed by atoms with Crippen LogP contribution < -0.4 is 16.0 Å². The van der Waals surface area contributed by atoms with Crippen LogP contribution in [0.1, 0.15) is 25.5 Å². The van der Waals surface area contributed by atoms with Gasteiger partial charge >= 0.3 is 6.03 Å². The monoisotopic (exact) mass is 371 g/mol. The Morgan fingerprint density at radius 3 is 2.52 bits per heavy atom. The molecule has 1 fully saturated rings. The lowest BCUT2D eigenvalue weighted by Gasteiger charge is -2.35. The van der Waals surface area contributed by atoms with Crippen LogP contribution in [-0.4, -0.2) is 47.2 Å². The molecular formula is C19H25N5O3. The number of amides is 3. The molecule has 3 rings (SSSR count). The van der Waals surface area contributed by atoms with Crippen LogP contribution in [-0.2, 0) is 4.79 Å². The minimum Gasteiger partial charge on any atom is -0.338 e. The number of rotatable bonds is 5. The molecule has 27 heavy (non-hydrogen) atoms. The highest BCUT2D eigenvalue weighted by Crippen LogP contribution is 2.16. The Morgan fingerprint density at radius 2 is 1.89 bits per heavy atom. The summed E-state index contributed by atoms with van der Waals surface area (Å²) in [4.78, 5) is 26.6. The third kappa shape index (κ3) is 5.30. The zero-order chi connectivity index (χ0) is 19.2. The first kappa shape index (κ1) is 18.9. The number of aryl methyl sites for hydroxylation is 1. The Balaban J connectivity index is 1.42. The van der Waals surface area contributed by atoms with E-state index in [4.69, 9.17) is 4.52 Å². The smallest absolute Gasteiger partial charge is 0.319 e. The summed E-state index contributed by atoms with van der Waals surface area (Å²) in [7, 11) is 0. The number of hydrogen-bond donors (Lipinski definition) is 3. The van der Waals surface area contributed by atoms with Crippen LogP contribution in [0, 0.1) is 6.92 Å². The van der Waals surface area contributed by atoms with Crippen molar-refractivity contribution < 1.29 is 14.1 Å². The molecule has 8 nitrogen and oxygen atoms in total. The van der Waals surface area contributed by atoms with Crippen LogP contribution in [0.25, 0.3) is 0 Å². The molecule has 2 heterocycles. The van der Waals surface area contributed by atoms with E-state index < -0.39 is 0 Å². The minimum atomic E-state index is -0.283. The molecule has 0 aliphatic carbocycles. The predicted molar refractivity (Wildman–Crippen MR) is 103 cm³/mol. The van der Waals surface area contributed by atoms with Gasteiger partial charge in [0.15, 0.2) is 0 Å². The molecule has 1 atom stereocenters. The van der Waals surface area contributed by atoms with Crippen LogP contribution in [0.4, 0.5) is 16.4 Å². The van der Waals surface area contributed by atoms with E-state index in [0.717, 1.165) is 37.3 Å². The molecule has 1 aliphatic heterocycles. The number of likely N-dealkylation sites (tertiary alicyclic amines) is 1. The number of urea groups is 1. The second kappa shape index (κ2) is 8.68. The van der Waals surface area contributed by atoms with Crippen molar-refractivity contribution in [3.63, 3.8) is 0 Å². The fourth-order valence-corrected chi connectivity index (χ4v) is 3.12. The topological polar surface area (TPSA) is 99.5 Å². The second-order valence-corrected chi connectivity index (χ2v) is 6.77. The van der Waals surface area contributed by atoms with Gasteiger partial charge in [0.25, 0.3) is 0 Å². The van der Waals surface area contributed by atoms with Gasteiger partial charge in [0.2, 0.25) is 11.8 Å². The van der Waals surface area contributed by atoms with Gasteiger partial charge in [0, 0.05) is 30.9 Å². The van der Waals surface area contributed by atoms with Crippen LogP contribution in [0.3, 0.4) is 0 Å². The third-order valence-corrected chi connectivity index (χ3v) is 4.70. The molecule has 144 valence electrons. The molecule has 0 bridgehead atoms. The van der Waals surface area contributed by atoms with E-state index in [0.29, 0.717) is 5.88 Å². The number of carbonyl (C=O) groups is 2. The molecule has 0 radical (unpaired) electrons. The van der Waals surface area contributed by atoms with Crippen LogP contribution in [0.5, 0.6) is 0 Å². The summed E-state index contributed by atoms with van der Waals surface area (Å²) in [6, 6.07) is 10.6. The highest BCUT2D eigenvalue weighted by molar-refractivity contribution is 5.93. The number of nitrogens with one attached hydrogen (secondary N) is 3. The first-order chi connectivity index (χ1) is 13.0. The summed E-state index contributed by atoms with van der Waals surface area (Å²) in [5.74, 6) is 0.234. The lowest BCUT2D eigenvalue weighted by molar-refractivity contribution is -0.121. The van der Waals surface area contributed by atoms with Crippen molar-refractivity contribution in [2.45, 2.75) is 38.8 Å². The third-order valence-electron chi connectivity index (χ3n) is 4.70. The van der Waals surface area contributed by atoms with Crippen LogP contribution >= 0.6 is 0 Å². The van der Waals surface area contributed by atoms with Gasteiger partial charge in [-0.05, 0) is 38.8 Å². The van der Waals surface area contributed by atoms with Gasteiger partial charge in [-0.1, -0.05) is 23.4 Å². The molecular weight excluding hydrogens is 346 g/mol. The number of nitrogens with zero attached hydrogens (tertiary/aromatic N) is 2. The van der Waals surface area contributed by atoms with Crippen molar-refractivity contribution in [3.05, 3.63) is 42.1 Å². The number of anilines is 2. The second-order valence-electron chi connectivity index (χ2n) is 6.77. The lowest BCUT2D eigenvalue weighted by Crippen LogP contribution is -2.51. The predicted octanol–water partition coefficient (Wildman–Crippen LogP) is 2.60. The maximum Gasteiger partial charge on any atom is 0.319 e. The molecule has 8 heteroatoms. The van der Waals surface area contributed by atoms with E-state index in [9.17, 15) is 9.59 Å². The van der Waals surface area contributed by atoms with Crippen molar-refractivity contribution in [2.24, 2.45) is 0 Å². The Kier molecular flexibility index (Phi) is 6.08. The quantitative estimate of drug-likeness (QED) is 0.750. The Hall–Kier alpha value is -2.87. The summed E-state index contributed by atoms with van der Waals surface area (Å²) in [5.41, 5.74) is 1.49. The van der Waals surface area contributed by atoms with Crippen molar-refractivity contribution in [3.8, 4) is 0 Å². The van der Waals surface area contributed by atoms with E-state index >= 15 is 0 Å². The van der Waals surface area contributed by atoms with Gasteiger partial charge in [-0.2, -0.15) is 0 Å². The zero-order valence-electron chi connectivity index (χ0n) is 15.6. The molecule has 1 aliphatic rings. The average Bonchev–Trinajstić information content (AvgIpc) is 3.07. The van der Waals surface area contributed by atoms with E-state index in [-0.39, 0.29) is 24.0 Å². The molecule has 0 unspecified atom stereocenters. The summed E-state index contributed by atoms with van der Waals surface area (Å²) in [6.07, 6.45) is 1.59. The summed E-state index contributed by atoms with van der Waals surface area (Å²) < 4.78 is 5.03. The summed E-state index contributed by atoms with van der Waals surface area (Å²) in [6.45, 7) is 5.14. The number of para-hydroxylation sites is 1. The average molecular weight is 371 g/mol. The van der Waals surface area contributed by atoms with E-state index in [2.05, 4.69) is 26.0 Å². The van der Waals surface area contributed by atoms with Gasteiger partial charge in [0.1, 0.15) is 0 Å². The Bertz CT molecular complexity index is 769. The number of aromatic nitrogens is 1. The lowest BCUT2D eigenvalue weighted by atomic mass is 10.0. The SMILES string of the molecule is Cc1cc(NC(=O)[C@H](C)N2CCC(NC(=O)Nc3ccccc3)CC2)on1. The largest absolute Gasteiger partial charge is 0.338 e. The summed E-state index contributed by atoms with van der Waals surface area (Å²) >= 11 is 0. The maximum atomic E-state index is 12.4. The van der Waals surface area contributed by atoms with E-state index in [1.54, 1.807) is 13.0 Å². The van der Waals surface area contributed by atoms with Crippen molar-refractivity contribution in [2.75, 3.05) is 23.7 Å². The standard InChI is InChI=1S/C19H25N5O3/c1-13-12-17(27-23-13)22-18(25)14(2)24-10-8-16(9-11-24)21-19(26)20-15-6-4-3-5-7-15/h3-7,12,14,16H,8-11H2,1-2H3,(H,22,25)(H2,20,21,26)/t14-/m0/s1. The molecule has 3 N–H and O–H groups in total.